The number of rotatable bonds is 32. The molecular weight excluding hydrogens is 531 g/mol. The maximum atomic E-state index is 12.8. The Hall–Kier alpha value is -0.100. The summed E-state index contributed by atoms with van der Waals surface area (Å²) in [4.78, 5) is 25.7. The topological polar surface area (TPSA) is 60.4 Å². The van der Waals surface area contributed by atoms with Crippen LogP contribution >= 0.6 is 0 Å². The zero-order valence-electron chi connectivity index (χ0n) is 29.3. The first kappa shape index (κ1) is 44.0. The van der Waals surface area contributed by atoms with E-state index in [2.05, 4.69) is 27.9 Å². The van der Waals surface area contributed by atoms with Crippen molar-refractivity contribution in [1.82, 2.24) is 4.90 Å². The Morgan fingerprint density at radius 2 is 0.857 bits per heavy atom. The molecule has 0 radical (unpaired) electrons. The van der Waals surface area contributed by atoms with E-state index >= 15 is 0 Å². The van der Waals surface area contributed by atoms with Crippen molar-refractivity contribution < 1.29 is 48.7 Å². The fourth-order valence-electron chi connectivity index (χ4n) is 5.76. The van der Waals surface area contributed by atoms with E-state index in [1.54, 1.807) is 0 Å². The first-order chi connectivity index (χ1) is 19.8. The second-order valence-electron chi connectivity index (χ2n) is 13.4. The van der Waals surface area contributed by atoms with Gasteiger partial charge in [-0.25, -0.2) is 0 Å². The van der Waals surface area contributed by atoms with Crippen LogP contribution in [0.1, 0.15) is 181 Å². The molecule has 0 heterocycles. The maximum absolute atomic E-state index is 12.8. The van der Waals surface area contributed by atoms with Gasteiger partial charge in [0.1, 0.15) is 0 Å². The van der Waals surface area contributed by atoms with Crippen LogP contribution in [-0.2, 0) is 9.59 Å². The number of carbonyl (C=O) groups excluding carboxylic acids is 2. The van der Waals surface area contributed by atoms with E-state index in [1.165, 1.54) is 141 Å². The van der Waals surface area contributed by atoms with E-state index in [9.17, 15) is 14.7 Å². The summed E-state index contributed by atoms with van der Waals surface area (Å²) in [6, 6.07) is 0. The molecule has 0 saturated heterocycles. The Labute approximate surface area is 285 Å². The molecule has 0 aliphatic heterocycles. The number of quaternary nitrogens is 1. The number of unbranched alkanes of at least 4 members (excludes halogenated alkanes) is 22. The Morgan fingerprint density at radius 1 is 0.500 bits per heavy atom. The van der Waals surface area contributed by atoms with Crippen molar-refractivity contribution in [2.75, 3.05) is 40.3 Å². The van der Waals surface area contributed by atoms with Crippen LogP contribution in [0.2, 0.25) is 0 Å². The molecule has 0 atom stereocenters. The van der Waals surface area contributed by atoms with Gasteiger partial charge in [0.05, 0.1) is 33.7 Å². The number of carboxylic acids is 1. The van der Waals surface area contributed by atoms with Gasteiger partial charge in [-0.1, -0.05) is 149 Å². The van der Waals surface area contributed by atoms with Crippen LogP contribution in [0.5, 0.6) is 0 Å². The van der Waals surface area contributed by atoms with Gasteiger partial charge in [0, 0.05) is 18.9 Å². The number of likely N-dealkylation sites (N-methyl/N-ethyl adjacent to an activating group) is 1. The summed E-state index contributed by atoms with van der Waals surface area (Å²) in [6.07, 6.45) is 31.9. The molecule has 1 amide bonds. The van der Waals surface area contributed by atoms with E-state index in [1.807, 2.05) is 4.90 Å². The molecule has 42 heavy (non-hydrogen) atoms. The fourth-order valence-corrected chi connectivity index (χ4v) is 5.76. The van der Waals surface area contributed by atoms with Crippen molar-refractivity contribution >= 4 is 11.9 Å². The minimum Gasteiger partial charge on any atom is -0.550 e. The van der Waals surface area contributed by atoms with E-state index in [0.29, 0.717) is 0 Å². The molecule has 0 spiro atoms. The monoisotopic (exact) mass is 604 g/mol. The van der Waals surface area contributed by atoms with Crippen LogP contribution in [-0.4, -0.2) is 61.5 Å². The standard InChI is InChI=1S/C36H72N2O3.Na/c1-5-7-9-11-13-15-17-19-21-23-25-27-31-37(35(39)29-30-36(40)41)32-34-38(3,4)33-28-26-24-22-20-18-16-14-12-10-8-6-2;/h5-34H2,1-4H3;/q;+1. The normalized spacial score (nSPS) is 11.4. The van der Waals surface area contributed by atoms with E-state index in [-0.39, 0.29) is 48.3 Å². The van der Waals surface area contributed by atoms with Gasteiger partial charge in [0.15, 0.2) is 0 Å². The van der Waals surface area contributed by atoms with Gasteiger partial charge in [-0.2, -0.15) is 0 Å². The number of amides is 1. The van der Waals surface area contributed by atoms with Crippen molar-refractivity contribution in [2.45, 2.75) is 181 Å². The molecule has 244 valence electrons. The third-order valence-corrected chi connectivity index (χ3v) is 8.77. The van der Waals surface area contributed by atoms with E-state index < -0.39 is 5.97 Å². The van der Waals surface area contributed by atoms with Crippen molar-refractivity contribution in [1.29, 1.82) is 0 Å². The Balaban J connectivity index is 0. The number of hydrogen-bond acceptors (Lipinski definition) is 3. The summed E-state index contributed by atoms with van der Waals surface area (Å²) in [5.74, 6) is -1.16. The van der Waals surface area contributed by atoms with Crippen molar-refractivity contribution in [3.05, 3.63) is 0 Å². The third kappa shape index (κ3) is 31.3. The summed E-state index contributed by atoms with van der Waals surface area (Å²) in [7, 11) is 4.54. The van der Waals surface area contributed by atoms with Gasteiger partial charge in [-0.05, 0) is 25.7 Å². The van der Waals surface area contributed by atoms with Crippen LogP contribution in [0.4, 0.5) is 0 Å². The van der Waals surface area contributed by atoms with Gasteiger partial charge in [-0.15, -0.1) is 0 Å². The molecule has 0 aliphatic carbocycles. The predicted molar refractivity (Wildman–Crippen MR) is 175 cm³/mol. The number of nitrogens with zero attached hydrogens (tertiary/aromatic N) is 2. The zero-order chi connectivity index (χ0) is 30.4. The van der Waals surface area contributed by atoms with E-state index in [0.717, 1.165) is 43.5 Å². The van der Waals surface area contributed by atoms with Crippen LogP contribution in [0, 0.1) is 0 Å². The molecule has 0 aromatic rings. The smallest absolute Gasteiger partial charge is 0.550 e. The van der Waals surface area contributed by atoms with Crippen LogP contribution < -0.4 is 34.7 Å². The van der Waals surface area contributed by atoms with Crippen LogP contribution in [0.15, 0.2) is 0 Å². The van der Waals surface area contributed by atoms with Gasteiger partial charge in [0.2, 0.25) is 5.91 Å². The van der Waals surface area contributed by atoms with Gasteiger partial charge in [0.25, 0.3) is 0 Å². The Kier molecular flexibility index (Phi) is 33.9. The van der Waals surface area contributed by atoms with Gasteiger partial charge < -0.3 is 19.3 Å². The SMILES string of the molecule is CCCCCCCCCCCCCCN(CC[N+](C)(C)CCCCCCCCCCCCCC)C(=O)CCC(=O)[O-].[Na+]. The maximum Gasteiger partial charge on any atom is 1.00 e. The zero-order valence-corrected chi connectivity index (χ0v) is 31.3. The van der Waals surface area contributed by atoms with Gasteiger partial charge >= 0.3 is 29.6 Å². The quantitative estimate of drug-likeness (QED) is 0.0553. The molecule has 0 rings (SSSR count). The van der Waals surface area contributed by atoms with Gasteiger partial charge in [-0.3, -0.25) is 4.79 Å². The fraction of sp³-hybridized carbons (Fsp3) is 0.944. The van der Waals surface area contributed by atoms with Crippen molar-refractivity contribution in [2.24, 2.45) is 0 Å². The first-order valence-electron chi connectivity index (χ1n) is 18.1. The number of hydrogen-bond donors (Lipinski definition) is 0. The third-order valence-electron chi connectivity index (χ3n) is 8.77. The number of aliphatic carboxylic acids is 1. The molecule has 0 fully saturated rings. The molecule has 0 aromatic heterocycles. The number of carbonyl (C=O) groups is 2. The summed E-state index contributed by atoms with van der Waals surface area (Å²) < 4.78 is 0.917. The van der Waals surface area contributed by atoms with E-state index in [4.69, 9.17) is 0 Å². The minimum absolute atomic E-state index is 0. The predicted octanol–water partition coefficient (Wildman–Crippen LogP) is 5.83. The van der Waals surface area contributed by atoms with Crippen LogP contribution in [0.3, 0.4) is 0 Å². The second-order valence-corrected chi connectivity index (χ2v) is 13.4. The molecule has 0 unspecified atom stereocenters. The second kappa shape index (κ2) is 32.3. The summed E-state index contributed by atoms with van der Waals surface area (Å²) >= 11 is 0. The molecule has 0 bridgehead atoms. The summed E-state index contributed by atoms with van der Waals surface area (Å²) in [5, 5.41) is 10.9. The molecule has 0 aromatic carbocycles. The minimum atomic E-state index is -1.13. The van der Waals surface area contributed by atoms with Crippen molar-refractivity contribution in [3.8, 4) is 0 Å². The largest absolute Gasteiger partial charge is 1.00 e. The molecular formula is C36H72N2NaO3+. The Morgan fingerprint density at radius 3 is 1.24 bits per heavy atom. The first-order valence-corrected chi connectivity index (χ1v) is 18.1. The Bertz CT molecular complexity index is 600. The molecule has 0 saturated carbocycles. The van der Waals surface area contributed by atoms with Crippen LogP contribution in [0.25, 0.3) is 0 Å². The molecule has 6 heteroatoms. The number of carboxylic acid groups (broad SMARTS) is 1. The molecule has 0 aliphatic rings. The summed E-state index contributed by atoms with van der Waals surface area (Å²) in [6.45, 7) is 8.07. The molecule has 0 N–H and O–H groups in total. The van der Waals surface area contributed by atoms with Crippen molar-refractivity contribution in [3.63, 3.8) is 0 Å². The average molecular weight is 604 g/mol. The molecule has 5 nitrogen and oxygen atoms in total. The summed E-state index contributed by atoms with van der Waals surface area (Å²) in [5.41, 5.74) is 0. The average Bonchev–Trinajstić information content (AvgIpc) is 2.94.